The van der Waals surface area contributed by atoms with E-state index in [0.29, 0.717) is 18.0 Å². The molecule has 18 heavy (non-hydrogen) atoms. The molecule has 0 saturated heterocycles. The van der Waals surface area contributed by atoms with Crippen LogP contribution in [0, 0.1) is 6.92 Å². The Labute approximate surface area is 106 Å². The average molecular weight is 244 g/mol. The minimum Gasteiger partial charge on any atom is -0.461 e. The van der Waals surface area contributed by atoms with E-state index in [2.05, 4.69) is 4.98 Å². The van der Waals surface area contributed by atoms with Gasteiger partial charge >= 0.3 is 5.97 Å². The zero-order chi connectivity index (χ0) is 13.1. The summed E-state index contributed by atoms with van der Waals surface area (Å²) in [6.45, 7) is 4.12. The Balaban J connectivity index is 2.34. The first-order chi connectivity index (χ1) is 8.61. The number of benzene rings is 1. The van der Waals surface area contributed by atoms with E-state index in [1.54, 1.807) is 13.0 Å². The summed E-state index contributed by atoms with van der Waals surface area (Å²) in [5.74, 6) is -0.423. The first-order valence-corrected chi connectivity index (χ1v) is 5.84. The Morgan fingerprint density at radius 3 is 2.61 bits per heavy atom. The predicted octanol–water partition coefficient (Wildman–Crippen LogP) is 2.75. The largest absolute Gasteiger partial charge is 0.461 e. The van der Waals surface area contributed by atoms with Crippen molar-refractivity contribution in [2.24, 2.45) is 0 Å². The second-order valence-electron chi connectivity index (χ2n) is 4.10. The topological polar surface area (TPSA) is 68.1 Å². The van der Waals surface area contributed by atoms with Crippen molar-refractivity contribution in [2.75, 3.05) is 12.3 Å². The molecule has 0 bridgehead atoms. The molecule has 2 rings (SSSR count). The molecule has 3 N–H and O–H groups in total. The van der Waals surface area contributed by atoms with E-state index in [-0.39, 0.29) is 0 Å². The minimum absolute atomic E-state index is 0.312. The third-order valence-electron chi connectivity index (χ3n) is 2.69. The SMILES string of the molecule is CCOC(=O)c1[nH]c(-c2ccc(C)cc2)cc1N. The van der Waals surface area contributed by atoms with Gasteiger partial charge in [0.15, 0.2) is 0 Å². The molecule has 0 unspecified atom stereocenters. The number of esters is 1. The van der Waals surface area contributed by atoms with Crippen LogP contribution in [-0.4, -0.2) is 17.6 Å². The van der Waals surface area contributed by atoms with E-state index in [4.69, 9.17) is 10.5 Å². The Morgan fingerprint density at radius 1 is 1.33 bits per heavy atom. The maximum Gasteiger partial charge on any atom is 0.356 e. The van der Waals surface area contributed by atoms with Gasteiger partial charge in [0.25, 0.3) is 0 Å². The van der Waals surface area contributed by atoms with Gasteiger partial charge in [-0.25, -0.2) is 4.79 Å². The zero-order valence-electron chi connectivity index (χ0n) is 10.5. The summed E-state index contributed by atoms with van der Waals surface area (Å²) in [7, 11) is 0. The standard InChI is InChI=1S/C14H16N2O2/c1-3-18-14(17)13-11(15)8-12(16-13)10-6-4-9(2)5-7-10/h4-8,16H,3,15H2,1-2H3. The van der Waals surface area contributed by atoms with E-state index in [9.17, 15) is 4.79 Å². The van der Waals surface area contributed by atoms with Gasteiger partial charge in [0.1, 0.15) is 5.69 Å². The number of nitrogens with two attached hydrogens (primary N) is 1. The molecular formula is C14H16N2O2. The van der Waals surface area contributed by atoms with E-state index in [0.717, 1.165) is 11.3 Å². The molecule has 1 aromatic carbocycles. The number of carbonyl (C=O) groups is 1. The molecule has 4 heteroatoms. The van der Waals surface area contributed by atoms with Gasteiger partial charge in [-0.05, 0) is 25.5 Å². The van der Waals surface area contributed by atoms with Crippen molar-refractivity contribution in [1.82, 2.24) is 4.98 Å². The van der Waals surface area contributed by atoms with Gasteiger partial charge in [-0.2, -0.15) is 0 Å². The van der Waals surface area contributed by atoms with Crippen LogP contribution in [0.2, 0.25) is 0 Å². The Morgan fingerprint density at radius 2 is 2.00 bits per heavy atom. The maximum absolute atomic E-state index is 11.6. The summed E-state index contributed by atoms with van der Waals surface area (Å²) in [6, 6.07) is 9.73. The summed E-state index contributed by atoms with van der Waals surface area (Å²) in [5.41, 5.74) is 9.51. The van der Waals surface area contributed by atoms with Gasteiger partial charge in [-0.3, -0.25) is 0 Å². The quantitative estimate of drug-likeness (QED) is 0.816. The summed E-state index contributed by atoms with van der Waals surface area (Å²) in [6.07, 6.45) is 0. The normalized spacial score (nSPS) is 10.3. The lowest BCUT2D eigenvalue weighted by atomic mass is 10.1. The molecule has 1 aromatic heterocycles. The molecule has 4 nitrogen and oxygen atoms in total. The lowest BCUT2D eigenvalue weighted by molar-refractivity contribution is 0.0521. The van der Waals surface area contributed by atoms with E-state index >= 15 is 0 Å². The van der Waals surface area contributed by atoms with Gasteiger partial charge in [-0.1, -0.05) is 29.8 Å². The highest BCUT2D eigenvalue weighted by Crippen LogP contribution is 2.24. The van der Waals surface area contributed by atoms with Crippen LogP contribution in [0.5, 0.6) is 0 Å². The predicted molar refractivity (Wildman–Crippen MR) is 71.3 cm³/mol. The van der Waals surface area contributed by atoms with E-state index in [1.807, 2.05) is 31.2 Å². The van der Waals surface area contributed by atoms with Gasteiger partial charge in [0, 0.05) is 5.69 Å². The number of ether oxygens (including phenoxy) is 1. The first kappa shape index (κ1) is 12.2. The number of aryl methyl sites for hydroxylation is 1. The molecule has 0 saturated carbocycles. The highest BCUT2D eigenvalue weighted by Gasteiger charge is 2.15. The van der Waals surface area contributed by atoms with Crippen LogP contribution in [0.25, 0.3) is 11.3 Å². The van der Waals surface area contributed by atoms with Crippen molar-refractivity contribution < 1.29 is 9.53 Å². The average Bonchev–Trinajstić information content (AvgIpc) is 2.72. The first-order valence-electron chi connectivity index (χ1n) is 5.84. The number of carbonyl (C=O) groups excluding carboxylic acids is 1. The zero-order valence-corrected chi connectivity index (χ0v) is 10.5. The van der Waals surface area contributed by atoms with E-state index < -0.39 is 5.97 Å². The number of H-pyrrole nitrogens is 1. The highest BCUT2D eigenvalue weighted by molar-refractivity contribution is 5.94. The number of nitrogen functional groups attached to an aromatic ring is 1. The van der Waals surface area contributed by atoms with E-state index in [1.165, 1.54) is 5.56 Å². The van der Waals surface area contributed by atoms with Gasteiger partial charge in [-0.15, -0.1) is 0 Å². The molecule has 0 amide bonds. The summed E-state index contributed by atoms with van der Waals surface area (Å²) < 4.78 is 4.93. The number of aromatic nitrogens is 1. The van der Waals surface area contributed by atoms with Crippen LogP contribution in [0.15, 0.2) is 30.3 Å². The lowest BCUT2D eigenvalue weighted by Crippen LogP contribution is -2.07. The molecule has 2 aromatic rings. The Kier molecular flexibility index (Phi) is 3.37. The molecule has 94 valence electrons. The molecule has 0 radical (unpaired) electrons. The van der Waals surface area contributed by atoms with Gasteiger partial charge in [0.2, 0.25) is 0 Å². The number of aromatic amines is 1. The smallest absolute Gasteiger partial charge is 0.356 e. The van der Waals surface area contributed by atoms with Crippen molar-refractivity contribution in [2.45, 2.75) is 13.8 Å². The van der Waals surface area contributed by atoms with Gasteiger partial charge in [0.05, 0.1) is 12.3 Å². The monoisotopic (exact) mass is 244 g/mol. The summed E-state index contributed by atoms with van der Waals surface area (Å²) in [4.78, 5) is 14.6. The fourth-order valence-corrected chi connectivity index (χ4v) is 1.73. The fraction of sp³-hybridized carbons (Fsp3) is 0.214. The molecule has 0 aliphatic carbocycles. The molecule has 0 atom stereocenters. The number of rotatable bonds is 3. The van der Waals surface area contributed by atoms with Crippen molar-refractivity contribution in [3.63, 3.8) is 0 Å². The second-order valence-corrected chi connectivity index (χ2v) is 4.10. The summed E-state index contributed by atoms with van der Waals surface area (Å²) in [5, 5.41) is 0. The highest BCUT2D eigenvalue weighted by atomic mass is 16.5. The van der Waals surface area contributed by atoms with Crippen molar-refractivity contribution in [1.29, 1.82) is 0 Å². The number of nitrogens with one attached hydrogen (secondary N) is 1. The number of anilines is 1. The molecule has 0 aliphatic heterocycles. The fourth-order valence-electron chi connectivity index (χ4n) is 1.73. The Hall–Kier alpha value is -2.23. The molecule has 0 aliphatic rings. The van der Waals surface area contributed by atoms with Crippen LogP contribution in [0.4, 0.5) is 5.69 Å². The second kappa shape index (κ2) is 4.96. The molecule has 0 fully saturated rings. The van der Waals surface area contributed by atoms with Crippen LogP contribution >= 0.6 is 0 Å². The van der Waals surface area contributed by atoms with Crippen molar-refractivity contribution >= 4 is 11.7 Å². The van der Waals surface area contributed by atoms with Crippen LogP contribution in [0.1, 0.15) is 23.0 Å². The third kappa shape index (κ3) is 2.37. The van der Waals surface area contributed by atoms with Crippen molar-refractivity contribution in [3.8, 4) is 11.3 Å². The molecular weight excluding hydrogens is 228 g/mol. The van der Waals surface area contributed by atoms with Crippen LogP contribution < -0.4 is 5.73 Å². The third-order valence-corrected chi connectivity index (χ3v) is 2.69. The van der Waals surface area contributed by atoms with Gasteiger partial charge < -0.3 is 15.5 Å². The Bertz CT molecular complexity index is 556. The maximum atomic E-state index is 11.6. The van der Waals surface area contributed by atoms with Crippen LogP contribution in [0.3, 0.4) is 0 Å². The molecule has 0 spiro atoms. The van der Waals surface area contributed by atoms with Crippen LogP contribution in [-0.2, 0) is 4.74 Å². The number of hydrogen-bond acceptors (Lipinski definition) is 3. The summed E-state index contributed by atoms with van der Waals surface area (Å²) >= 11 is 0. The van der Waals surface area contributed by atoms with Crippen molar-refractivity contribution in [3.05, 3.63) is 41.6 Å². The lowest BCUT2D eigenvalue weighted by Gasteiger charge is -2.00. The molecule has 1 heterocycles. The number of hydrogen-bond donors (Lipinski definition) is 2. The minimum atomic E-state index is -0.423.